The van der Waals surface area contributed by atoms with Gasteiger partial charge in [0.05, 0.1) is 22.6 Å². The second-order valence-corrected chi connectivity index (χ2v) is 8.28. The standard InChI is InChI=1S/C24H29BrN2O2/c25-18-12-6-4-2-1-3-5-7-17-23(28)27-21-15-10-8-13-19(21)24(29)26-20-14-9-11-16-22(20)27/h8-11,13-16H,1-7,12,17-18H2,(H,26,29). The fourth-order valence-electron chi connectivity index (χ4n) is 3.77. The number of anilines is 3. The van der Waals surface area contributed by atoms with Gasteiger partial charge in [0, 0.05) is 11.8 Å². The van der Waals surface area contributed by atoms with Crippen LogP contribution in [0.3, 0.4) is 0 Å². The van der Waals surface area contributed by atoms with E-state index < -0.39 is 0 Å². The molecule has 2 aromatic carbocycles. The Morgan fingerprint density at radius 3 is 2.10 bits per heavy atom. The summed E-state index contributed by atoms with van der Waals surface area (Å²) in [5, 5.41) is 4.03. The highest BCUT2D eigenvalue weighted by atomic mass is 79.9. The first-order chi connectivity index (χ1) is 14.2. The minimum absolute atomic E-state index is 0.0405. The number of para-hydroxylation sites is 3. The molecule has 0 aliphatic carbocycles. The Morgan fingerprint density at radius 2 is 1.38 bits per heavy atom. The molecule has 2 aromatic rings. The van der Waals surface area contributed by atoms with Crippen molar-refractivity contribution in [3.63, 3.8) is 0 Å². The number of hydrogen-bond acceptors (Lipinski definition) is 2. The molecule has 1 aliphatic heterocycles. The predicted molar refractivity (Wildman–Crippen MR) is 123 cm³/mol. The molecule has 0 radical (unpaired) electrons. The molecule has 4 nitrogen and oxygen atoms in total. The minimum atomic E-state index is -0.178. The molecule has 1 aliphatic rings. The third-order valence-corrected chi connectivity index (χ3v) is 5.87. The van der Waals surface area contributed by atoms with Crippen molar-refractivity contribution in [1.29, 1.82) is 0 Å². The van der Waals surface area contributed by atoms with Gasteiger partial charge in [-0.3, -0.25) is 14.5 Å². The molecule has 2 amide bonds. The maximum absolute atomic E-state index is 13.2. The van der Waals surface area contributed by atoms with Crippen molar-refractivity contribution in [3.05, 3.63) is 54.1 Å². The fourth-order valence-corrected chi connectivity index (χ4v) is 4.16. The topological polar surface area (TPSA) is 49.4 Å². The van der Waals surface area contributed by atoms with Gasteiger partial charge in [-0.15, -0.1) is 0 Å². The Labute approximate surface area is 181 Å². The van der Waals surface area contributed by atoms with Gasteiger partial charge in [0.2, 0.25) is 5.91 Å². The number of nitrogens with one attached hydrogen (secondary N) is 1. The van der Waals surface area contributed by atoms with Crippen LogP contribution >= 0.6 is 15.9 Å². The molecule has 1 N–H and O–H groups in total. The van der Waals surface area contributed by atoms with Gasteiger partial charge >= 0.3 is 0 Å². The zero-order valence-corrected chi connectivity index (χ0v) is 18.4. The number of nitrogens with zero attached hydrogens (tertiary/aromatic N) is 1. The van der Waals surface area contributed by atoms with E-state index in [1.807, 2.05) is 42.5 Å². The smallest absolute Gasteiger partial charge is 0.257 e. The molecule has 0 aromatic heterocycles. The number of amides is 2. The van der Waals surface area contributed by atoms with E-state index in [9.17, 15) is 9.59 Å². The summed E-state index contributed by atoms with van der Waals surface area (Å²) in [4.78, 5) is 27.5. The average Bonchev–Trinajstić information content (AvgIpc) is 2.86. The second-order valence-electron chi connectivity index (χ2n) is 7.48. The Bertz CT molecular complexity index is 837. The molecular formula is C24H29BrN2O2. The lowest BCUT2D eigenvalue weighted by molar-refractivity contribution is -0.118. The zero-order valence-electron chi connectivity index (χ0n) is 16.8. The number of rotatable bonds is 10. The number of hydrogen-bond donors (Lipinski definition) is 1. The lowest BCUT2D eigenvalue weighted by Crippen LogP contribution is -2.26. The van der Waals surface area contributed by atoms with E-state index >= 15 is 0 Å². The van der Waals surface area contributed by atoms with Gasteiger partial charge in [-0.05, 0) is 37.1 Å². The normalized spacial score (nSPS) is 12.7. The van der Waals surface area contributed by atoms with E-state index in [1.165, 1.54) is 38.5 Å². The number of benzene rings is 2. The zero-order chi connectivity index (χ0) is 20.5. The summed E-state index contributed by atoms with van der Waals surface area (Å²) in [5.74, 6) is -0.137. The summed E-state index contributed by atoms with van der Waals surface area (Å²) in [6.07, 6.45) is 9.98. The van der Waals surface area contributed by atoms with Crippen LogP contribution < -0.4 is 10.2 Å². The van der Waals surface area contributed by atoms with Gasteiger partial charge in [0.25, 0.3) is 5.91 Å². The molecule has 0 unspecified atom stereocenters. The van der Waals surface area contributed by atoms with E-state index in [-0.39, 0.29) is 11.8 Å². The summed E-state index contributed by atoms with van der Waals surface area (Å²) >= 11 is 3.47. The molecule has 0 bridgehead atoms. The van der Waals surface area contributed by atoms with E-state index in [0.29, 0.717) is 23.4 Å². The van der Waals surface area contributed by atoms with Crippen molar-refractivity contribution in [2.75, 3.05) is 15.5 Å². The van der Waals surface area contributed by atoms with Crippen LogP contribution in [-0.4, -0.2) is 17.1 Å². The van der Waals surface area contributed by atoms with Crippen LogP contribution in [0.4, 0.5) is 17.1 Å². The lowest BCUT2D eigenvalue weighted by atomic mass is 10.1. The quantitative estimate of drug-likeness (QED) is 0.314. The Morgan fingerprint density at radius 1 is 0.793 bits per heavy atom. The van der Waals surface area contributed by atoms with Crippen LogP contribution in [0, 0.1) is 0 Å². The van der Waals surface area contributed by atoms with E-state index in [1.54, 1.807) is 11.0 Å². The number of halogens is 1. The van der Waals surface area contributed by atoms with Crippen molar-refractivity contribution in [2.24, 2.45) is 0 Å². The summed E-state index contributed by atoms with van der Waals surface area (Å²) in [7, 11) is 0. The summed E-state index contributed by atoms with van der Waals surface area (Å²) in [5.41, 5.74) is 2.60. The highest BCUT2D eigenvalue weighted by Gasteiger charge is 2.28. The van der Waals surface area contributed by atoms with Crippen LogP contribution in [0.1, 0.15) is 68.1 Å². The molecule has 0 atom stereocenters. The Hall–Kier alpha value is -2.14. The van der Waals surface area contributed by atoms with Crippen LogP contribution in [0.15, 0.2) is 48.5 Å². The SMILES string of the molecule is O=C1Nc2ccccc2N(C(=O)CCCCCCCCCCBr)c2ccccc21. The molecule has 0 spiro atoms. The Kier molecular flexibility index (Phi) is 8.29. The number of carbonyl (C=O) groups excluding carboxylic acids is 2. The van der Waals surface area contributed by atoms with Crippen LogP contribution in [0.2, 0.25) is 0 Å². The average molecular weight is 457 g/mol. The van der Waals surface area contributed by atoms with Gasteiger partial charge < -0.3 is 5.32 Å². The van der Waals surface area contributed by atoms with Crippen molar-refractivity contribution in [3.8, 4) is 0 Å². The molecule has 3 rings (SSSR count). The van der Waals surface area contributed by atoms with E-state index in [0.717, 1.165) is 23.9 Å². The predicted octanol–water partition coefficient (Wildman–Crippen LogP) is 6.82. The van der Waals surface area contributed by atoms with Crippen LogP contribution in [-0.2, 0) is 4.79 Å². The molecule has 154 valence electrons. The van der Waals surface area contributed by atoms with Gasteiger partial charge in [0.15, 0.2) is 0 Å². The minimum Gasteiger partial charge on any atom is -0.320 e. The lowest BCUT2D eigenvalue weighted by Gasteiger charge is -2.24. The maximum Gasteiger partial charge on any atom is 0.257 e. The first-order valence-electron chi connectivity index (χ1n) is 10.6. The summed E-state index contributed by atoms with van der Waals surface area (Å²) < 4.78 is 0. The number of unbranched alkanes of at least 4 members (excludes halogenated alkanes) is 7. The summed E-state index contributed by atoms with van der Waals surface area (Å²) in [6.45, 7) is 0. The van der Waals surface area contributed by atoms with Gasteiger partial charge in [0.1, 0.15) is 0 Å². The molecule has 1 heterocycles. The third-order valence-electron chi connectivity index (χ3n) is 5.31. The number of fused-ring (bicyclic) bond motifs is 2. The first-order valence-corrected chi connectivity index (χ1v) is 11.7. The summed E-state index contributed by atoms with van der Waals surface area (Å²) in [6, 6.07) is 14.8. The van der Waals surface area contributed by atoms with Crippen molar-refractivity contribution >= 4 is 44.8 Å². The molecule has 0 saturated carbocycles. The Balaban J connectivity index is 1.61. The van der Waals surface area contributed by atoms with Crippen molar-refractivity contribution in [2.45, 2.75) is 57.8 Å². The largest absolute Gasteiger partial charge is 0.320 e. The third kappa shape index (κ3) is 5.69. The maximum atomic E-state index is 13.2. The van der Waals surface area contributed by atoms with Crippen molar-refractivity contribution in [1.82, 2.24) is 0 Å². The van der Waals surface area contributed by atoms with Gasteiger partial charge in [-0.1, -0.05) is 78.7 Å². The van der Waals surface area contributed by atoms with Crippen molar-refractivity contribution < 1.29 is 9.59 Å². The van der Waals surface area contributed by atoms with Gasteiger partial charge in [-0.2, -0.15) is 0 Å². The molecular weight excluding hydrogens is 428 g/mol. The van der Waals surface area contributed by atoms with E-state index in [4.69, 9.17) is 0 Å². The van der Waals surface area contributed by atoms with Gasteiger partial charge in [-0.25, -0.2) is 0 Å². The highest BCUT2D eigenvalue weighted by molar-refractivity contribution is 9.09. The molecule has 0 fully saturated rings. The second kappa shape index (κ2) is 11.1. The molecule has 5 heteroatoms. The first kappa shape index (κ1) is 21.6. The number of alkyl halides is 1. The highest BCUT2D eigenvalue weighted by Crippen LogP contribution is 2.38. The molecule has 29 heavy (non-hydrogen) atoms. The van der Waals surface area contributed by atoms with Crippen LogP contribution in [0.5, 0.6) is 0 Å². The van der Waals surface area contributed by atoms with E-state index in [2.05, 4.69) is 21.2 Å². The monoisotopic (exact) mass is 456 g/mol. The fraction of sp³-hybridized carbons (Fsp3) is 0.417. The van der Waals surface area contributed by atoms with Crippen LogP contribution in [0.25, 0.3) is 0 Å². The number of carbonyl (C=O) groups is 2. The molecule has 0 saturated heterocycles.